The maximum atomic E-state index is 12.9. The van der Waals surface area contributed by atoms with Crippen molar-refractivity contribution in [3.8, 4) is 0 Å². The third-order valence-corrected chi connectivity index (χ3v) is 5.91. The molecule has 1 amide bonds. The van der Waals surface area contributed by atoms with Gasteiger partial charge in [-0.2, -0.15) is 0 Å². The van der Waals surface area contributed by atoms with Crippen LogP contribution in [-0.4, -0.2) is 44.6 Å². The predicted octanol–water partition coefficient (Wildman–Crippen LogP) is 2.35. The number of carbonyl (C=O) groups excluding carboxylic acids is 1. The molecule has 0 spiro atoms. The van der Waals surface area contributed by atoms with Crippen LogP contribution < -0.4 is 5.56 Å². The lowest BCUT2D eigenvalue weighted by Gasteiger charge is -2.47. The van der Waals surface area contributed by atoms with E-state index in [0.717, 1.165) is 25.7 Å². The molecule has 7 heteroatoms. The lowest BCUT2D eigenvalue weighted by Crippen LogP contribution is -2.54. The third kappa shape index (κ3) is 2.91. The predicted molar refractivity (Wildman–Crippen MR) is 97.2 cm³/mol. The van der Waals surface area contributed by atoms with Crippen molar-refractivity contribution in [1.29, 1.82) is 0 Å². The van der Waals surface area contributed by atoms with Crippen molar-refractivity contribution >= 4 is 29.0 Å². The highest BCUT2D eigenvalue weighted by molar-refractivity contribution is 7.71. The van der Waals surface area contributed by atoms with Gasteiger partial charge in [0.15, 0.2) is 4.77 Å². The molecular formula is C18H21N3O3S. The zero-order valence-corrected chi connectivity index (χ0v) is 14.7. The summed E-state index contributed by atoms with van der Waals surface area (Å²) in [4.78, 5) is 32.1. The minimum atomic E-state index is -0.600. The Morgan fingerprint density at radius 1 is 1.28 bits per heavy atom. The molecule has 3 N–H and O–H groups in total. The highest BCUT2D eigenvalue weighted by Gasteiger charge is 2.43. The number of aromatic nitrogens is 2. The minimum Gasteiger partial charge on any atom is -0.389 e. The second kappa shape index (κ2) is 6.07. The first-order chi connectivity index (χ1) is 12.0. The fraction of sp³-hybridized carbons (Fsp3) is 0.500. The number of H-pyrrole nitrogens is 2. The van der Waals surface area contributed by atoms with Crippen LogP contribution in [0.15, 0.2) is 23.0 Å². The normalized spacial score (nSPS) is 26.4. The molecule has 25 heavy (non-hydrogen) atoms. The highest BCUT2D eigenvalue weighted by Crippen LogP contribution is 2.40. The van der Waals surface area contributed by atoms with Crippen molar-refractivity contribution in [2.75, 3.05) is 13.1 Å². The number of amides is 1. The fourth-order valence-electron chi connectivity index (χ4n) is 4.24. The van der Waals surface area contributed by atoms with Gasteiger partial charge in [0.25, 0.3) is 11.5 Å². The van der Waals surface area contributed by atoms with Crippen molar-refractivity contribution in [3.05, 3.63) is 38.9 Å². The van der Waals surface area contributed by atoms with Crippen LogP contribution in [0.3, 0.4) is 0 Å². The zero-order valence-electron chi connectivity index (χ0n) is 13.9. The van der Waals surface area contributed by atoms with Gasteiger partial charge >= 0.3 is 0 Å². The molecule has 0 bridgehead atoms. The summed E-state index contributed by atoms with van der Waals surface area (Å²) in [6.07, 6.45) is 4.64. The van der Waals surface area contributed by atoms with Crippen LogP contribution in [-0.2, 0) is 0 Å². The monoisotopic (exact) mass is 359 g/mol. The molecule has 1 aromatic heterocycles. The van der Waals surface area contributed by atoms with E-state index in [1.807, 2.05) is 4.90 Å². The second-order valence-corrected chi connectivity index (χ2v) is 7.62. The number of hydrogen-bond donors (Lipinski definition) is 3. The molecule has 1 saturated heterocycles. The number of nitrogens with one attached hydrogen (secondary N) is 2. The fourth-order valence-corrected chi connectivity index (χ4v) is 4.44. The number of likely N-dealkylation sites (tertiary alicyclic amines) is 1. The summed E-state index contributed by atoms with van der Waals surface area (Å²) >= 11 is 5.00. The maximum absolute atomic E-state index is 12.9. The molecule has 2 atom stereocenters. The Kier molecular flexibility index (Phi) is 4.00. The van der Waals surface area contributed by atoms with Crippen LogP contribution in [0.5, 0.6) is 0 Å². The molecule has 2 heterocycles. The number of benzene rings is 1. The summed E-state index contributed by atoms with van der Waals surface area (Å²) in [6.45, 7) is 1.16. The Morgan fingerprint density at radius 3 is 2.96 bits per heavy atom. The van der Waals surface area contributed by atoms with E-state index in [0.29, 0.717) is 36.0 Å². The van der Waals surface area contributed by atoms with Crippen LogP contribution in [0.2, 0.25) is 0 Å². The molecule has 2 fully saturated rings. The smallest absolute Gasteiger partial charge is 0.259 e. The van der Waals surface area contributed by atoms with Gasteiger partial charge in [0.2, 0.25) is 0 Å². The van der Waals surface area contributed by atoms with Gasteiger partial charge in [-0.25, -0.2) is 0 Å². The van der Waals surface area contributed by atoms with Crippen molar-refractivity contribution in [3.63, 3.8) is 0 Å². The molecule has 2 aliphatic rings. The number of rotatable bonds is 1. The van der Waals surface area contributed by atoms with E-state index in [2.05, 4.69) is 9.97 Å². The summed E-state index contributed by atoms with van der Waals surface area (Å²) < 4.78 is 0.243. The van der Waals surface area contributed by atoms with E-state index in [1.54, 1.807) is 18.2 Å². The van der Waals surface area contributed by atoms with Crippen LogP contribution in [0.25, 0.3) is 10.9 Å². The molecule has 0 unspecified atom stereocenters. The largest absolute Gasteiger partial charge is 0.389 e. The van der Waals surface area contributed by atoms with Gasteiger partial charge in [0, 0.05) is 24.6 Å². The average Bonchev–Trinajstić information content (AvgIpc) is 2.59. The topological polar surface area (TPSA) is 89.2 Å². The molecule has 2 aromatic rings. The van der Waals surface area contributed by atoms with Crippen molar-refractivity contribution in [2.45, 2.75) is 37.7 Å². The molecule has 4 rings (SSSR count). The van der Waals surface area contributed by atoms with E-state index in [-0.39, 0.29) is 22.2 Å². The van der Waals surface area contributed by atoms with Crippen molar-refractivity contribution in [1.82, 2.24) is 14.9 Å². The van der Waals surface area contributed by atoms with Crippen molar-refractivity contribution < 1.29 is 9.90 Å². The Morgan fingerprint density at radius 2 is 2.12 bits per heavy atom. The molecular weight excluding hydrogens is 338 g/mol. The lowest BCUT2D eigenvalue weighted by molar-refractivity contribution is -0.0886. The van der Waals surface area contributed by atoms with E-state index in [4.69, 9.17) is 12.2 Å². The Bertz CT molecular complexity index is 950. The molecule has 1 aromatic carbocycles. The van der Waals surface area contributed by atoms with Crippen LogP contribution >= 0.6 is 12.2 Å². The average molecular weight is 359 g/mol. The Hall–Kier alpha value is -1.99. The Balaban J connectivity index is 1.62. The Labute approximate surface area is 149 Å². The van der Waals surface area contributed by atoms with E-state index >= 15 is 0 Å². The molecule has 1 aliphatic carbocycles. The summed E-state index contributed by atoms with van der Waals surface area (Å²) in [5, 5.41) is 11.2. The molecule has 1 saturated carbocycles. The number of hydrogen-bond acceptors (Lipinski definition) is 4. The second-order valence-electron chi connectivity index (χ2n) is 7.22. The first kappa shape index (κ1) is 16.5. The standard InChI is InChI=1S/C18H21N3O3S/c22-15-13-5-4-11(9-14(13)19-17(25)20-15)16(23)21-8-7-18(24)6-2-1-3-12(18)10-21/h4-5,9,12,24H,1-3,6-8,10H2,(H2,19,20,22,25)/t12-,18+/m0/s1. The molecule has 0 radical (unpaired) electrons. The maximum Gasteiger partial charge on any atom is 0.259 e. The van der Waals surface area contributed by atoms with Crippen LogP contribution in [0.4, 0.5) is 0 Å². The van der Waals surface area contributed by atoms with Gasteiger partial charge in [-0.1, -0.05) is 12.8 Å². The van der Waals surface area contributed by atoms with Gasteiger partial charge in [-0.05, 0) is 49.7 Å². The quantitative estimate of drug-likeness (QED) is 0.682. The zero-order chi connectivity index (χ0) is 17.6. The van der Waals surface area contributed by atoms with Gasteiger partial charge in [0.05, 0.1) is 16.5 Å². The SMILES string of the molecule is O=C(c1ccc2c(=O)[nH]c(=S)[nH]c2c1)N1CC[C@]2(O)CCCC[C@H]2C1. The van der Waals surface area contributed by atoms with Gasteiger partial charge in [0.1, 0.15) is 0 Å². The number of carbonyl (C=O) groups is 1. The van der Waals surface area contributed by atoms with Crippen molar-refractivity contribution in [2.24, 2.45) is 5.92 Å². The number of nitrogens with zero attached hydrogens (tertiary/aromatic N) is 1. The lowest BCUT2D eigenvalue weighted by atomic mass is 9.71. The highest BCUT2D eigenvalue weighted by atomic mass is 32.1. The summed E-state index contributed by atoms with van der Waals surface area (Å²) in [5.41, 5.74) is 0.232. The van der Waals surface area contributed by atoms with Crippen LogP contribution in [0.1, 0.15) is 42.5 Å². The molecule has 6 nitrogen and oxygen atoms in total. The van der Waals surface area contributed by atoms with Crippen LogP contribution in [0, 0.1) is 10.7 Å². The number of aliphatic hydroxyl groups is 1. The molecule has 132 valence electrons. The van der Waals surface area contributed by atoms with Gasteiger partial charge in [-0.15, -0.1) is 0 Å². The first-order valence-electron chi connectivity index (χ1n) is 8.74. The molecule has 1 aliphatic heterocycles. The van der Waals surface area contributed by atoms with Gasteiger partial charge < -0.3 is 15.0 Å². The van der Waals surface area contributed by atoms with E-state index in [9.17, 15) is 14.7 Å². The van der Waals surface area contributed by atoms with E-state index in [1.165, 1.54) is 0 Å². The third-order valence-electron chi connectivity index (χ3n) is 5.70. The van der Waals surface area contributed by atoms with Gasteiger partial charge in [-0.3, -0.25) is 14.6 Å². The van der Waals surface area contributed by atoms with E-state index < -0.39 is 5.60 Å². The minimum absolute atomic E-state index is 0.0610. The number of piperidine rings is 1. The summed E-state index contributed by atoms with van der Waals surface area (Å²) in [5.74, 6) is 0.0992. The first-order valence-corrected chi connectivity index (χ1v) is 9.15. The summed E-state index contributed by atoms with van der Waals surface area (Å²) in [7, 11) is 0. The number of fused-ring (bicyclic) bond motifs is 2. The summed E-state index contributed by atoms with van der Waals surface area (Å²) in [6, 6.07) is 5.01. The number of aromatic amines is 2.